The van der Waals surface area contributed by atoms with Crippen molar-refractivity contribution in [3.63, 3.8) is 0 Å². The number of nitrogens with one attached hydrogen (secondary N) is 1. The smallest absolute Gasteiger partial charge is 0.250 e. The summed E-state index contributed by atoms with van der Waals surface area (Å²) in [6.45, 7) is 1.86. The van der Waals surface area contributed by atoms with E-state index in [2.05, 4.69) is 26.5 Å². The normalized spacial score (nSPS) is 11.3. The van der Waals surface area contributed by atoms with Crippen LogP contribution in [0.1, 0.15) is 12.5 Å². The number of amides is 1. The molecule has 0 aromatic heterocycles. The van der Waals surface area contributed by atoms with Gasteiger partial charge < -0.3 is 0 Å². The van der Waals surface area contributed by atoms with Crippen LogP contribution >= 0.6 is 39.3 Å². The van der Waals surface area contributed by atoms with Crippen LogP contribution in [0, 0.1) is 0 Å². The van der Waals surface area contributed by atoms with Crippen molar-refractivity contribution in [1.82, 2.24) is 5.43 Å². The number of halogens is 2. The number of hydrogen-bond acceptors (Lipinski definition) is 3. The van der Waals surface area contributed by atoms with Crippen LogP contribution in [0.4, 0.5) is 0 Å². The Morgan fingerprint density at radius 1 is 1.18 bits per heavy atom. The molecule has 3 nitrogen and oxygen atoms in total. The standard InChI is InChI=1S/C16H14BrClN2OS/c1-11(12-2-4-13(17)5-3-12)19-20-16(21)10-22-15-8-6-14(18)7-9-15/h2-9H,10H2,1H3,(H,20,21)/b19-11-. The van der Waals surface area contributed by atoms with Crippen molar-refractivity contribution in [2.45, 2.75) is 11.8 Å². The van der Waals surface area contributed by atoms with Crippen molar-refractivity contribution in [3.8, 4) is 0 Å². The minimum atomic E-state index is -0.142. The predicted octanol–water partition coefficient (Wildman–Crippen LogP) is 4.74. The van der Waals surface area contributed by atoms with E-state index in [9.17, 15) is 4.79 Å². The number of carbonyl (C=O) groups is 1. The van der Waals surface area contributed by atoms with Gasteiger partial charge >= 0.3 is 0 Å². The quantitative estimate of drug-likeness (QED) is 0.450. The molecule has 1 amide bonds. The average Bonchev–Trinajstić information content (AvgIpc) is 2.52. The fourth-order valence-electron chi connectivity index (χ4n) is 1.61. The third-order valence-corrected chi connectivity index (χ3v) is 4.59. The lowest BCUT2D eigenvalue weighted by atomic mass is 10.1. The number of hydrazone groups is 1. The number of rotatable bonds is 5. The van der Waals surface area contributed by atoms with E-state index in [1.165, 1.54) is 11.8 Å². The van der Waals surface area contributed by atoms with Gasteiger partial charge in [0.2, 0.25) is 5.91 Å². The van der Waals surface area contributed by atoms with Crippen molar-refractivity contribution in [2.75, 3.05) is 5.75 Å². The number of nitrogens with zero attached hydrogens (tertiary/aromatic N) is 1. The van der Waals surface area contributed by atoms with Crippen LogP contribution in [0.3, 0.4) is 0 Å². The fourth-order valence-corrected chi connectivity index (χ4v) is 2.69. The summed E-state index contributed by atoms with van der Waals surface area (Å²) in [5.74, 6) is 0.162. The molecule has 2 rings (SSSR count). The Labute approximate surface area is 147 Å². The molecule has 0 saturated carbocycles. The highest BCUT2D eigenvalue weighted by Gasteiger charge is 2.03. The molecule has 0 spiro atoms. The Bertz CT molecular complexity index is 672. The summed E-state index contributed by atoms with van der Waals surface area (Å²) in [5.41, 5.74) is 4.30. The summed E-state index contributed by atoms with van der Waals surface area (Å²) in [5, 5.41) is 4.80. The van der Waals surface area contributed by atoms with Crippen LogP contribution in [0.25, 0.3) is 0 Å². The van der Waals surface area contributed by atoms with Gasteiger partial charge in [-0.05, 0) is 48.9 Å². The number of carbonyl (C=O) groups excluding carboxylic acids is 1. The molecular weight excluding hydrogens is 384 g/mol. The van der Waals surface area contributed by atoms with Gasteiger partial charge in [-0.15, -0.1) is 11.8 Å². The average molecular weight is 398 g/mol. The summed E-state index contributed by atoms with van der Waals surface area (Å²) in [7, 11) is 0. The molecule has 6 heteroatoms. The van der Waals surface area contributed by atoms with E-state index >= 15 is 0 Å². The van der Waals surface area contributed by atoms with E-state index in [1.54, 1.807) is 12.1 Å². The van der Waals surface area contributed by atoms with Crippen LogP contribution < -0.4 is 5.43 Å². The van der Waals surface area contributed by atoms with Gasteiger partial charge in [0.1, 0.15) is 0 Å². The van der Waals surface area contributed by atoms with Gasteiger partial charge in [-0.25, -0.2) is 5.43 Å². The van der Waals surface area contributed by atoms with E-state index in [4.69, 9.17) is 11.6 Å². The molecule has 0 aliphatic rings. The third-order valence-electron chi connectivity index (χ3n) is 2.79. The van der Waals surface area contributed by atoms with Crippen LogP contribution in [-0.2, 0) is 4.79 Å². The van der Waals surface area contributed by atoms with Crippen LogP contribution in [0.2, 0.25) is 5.02 Å². The Morgan fingerprint density at radius 2 is 1.82 bits per heavy atom. The Balaban J connectivity index is 1.85. The molecule has 2 aromatic rings. The molecule has 0 unspecified atom stereocenters. The molecule has 0 radical (unpaired) electrons. The van der Waals surface area contributed by atoms with Crippen LogP contribution in [0.5, 0.6) is 0 Å². The lowest BCUT2D eigenvalue weighted by molar-refractivity contribution is -0.118. The molecule has 0 saturated heterocycles. The molecule has 1 N–H and O–H groups in total. The molecular formula is C16H14BrClN2OS. The first-order valence-corrected chi connectivity index (χ1v) is 8.67. The zero-order valence-corrected chi connectivity index (χ0v) is 15.0. The van der Waals surface area contributed by atoms with Crippen molar-refractivity contribution < 1.29 is 4.79 Å². The summed E-state index contributed by atoms with van der Waals surface area (Å²) in [4.78, 5) is 12.8. The highest BCUT2D eigenvalue weighted by Crippen LogP contribution is 2.19. The van der Waals surface area contributed by atoms with Gasteiger partial charge in [0.15, 0.2) is 0 Å². The fraction of sp³-hybridized carbons (Fsp3) is 0.125. The van der Waals surface area contributed by atoms with Crippen LogP contribution in [0.15, 0.2) is 63.0 Å². The highest BCUT2D eigenvalue weighted by molar-refractivity contribution is 9.10. The number of hydrogen-bond donors (Lipinski definition) is 1. The largest absolute Gasteiger partial charge is 0.272 e. The van der Waals surface area contributed by atoms with E-state index in [-0.39, 0.29) is 5.91 Å². The zero-order chi connectivity index (χ0) is 15.9. The van der Waals surface area contributed by atoms with E-state index in [0.717, 1.165) is 20.6 Å². The predicted molar refractivity (Wildman–Crippen MR) is 96.7 cm³/mol. The second-order valence-corrected chi connectivity index (χ2v) is 6.88. The van der Waals surface area contributed by atoms with Gasteiger partial charge in [0.05, 0.1) is 11.5 Å². The highest BCUT2D eigenvalue weighted by atomic mass is 79.9. The third kappa shape index (κ3) is 5.48. The molecule has 0 fully saturated rings. The second kappa shape index (κ2) is 8.36. The lowest BCUT2D eigenvalue weighted by Gasteiger charge is -2.04. The lowest BCUT2D eigenvalue weighted by Crippen LogP contribution is -2.21. The maximum absolute atomic E-state index is 11.8. The van der Waals surface area contributed by atoms with Crippen molar-refractivity contribution in [2.24, 2.45) is 5.10 Å². The van der Waals surface area contributed by atoms with E-state index < -0.39 is 0 Å². The Hall–Kier alpha value is -1.30. The first-order valence-electron chi connectivity index (χ1n) is 6.52. The number of thioether (sulfide) groups is 1. The molecule has 0 aliphatic heterocycles. The molecule has 2 aromatic carbocycles. The van der Waals surface area contributed by atoms with Crippen molar-refractivity contribution in [3.05, 3.63) is 63.6 Å². The first kappa shape index (κ1) is 17.1. The molecule has 0 bridgehead atoms. The van der Waals surface area contributed by atoms with Gasteiger partial charge in [0, 0.05) is 14.4 Å². The number of benzene rings is 2. The van der Waals surface area contributed by atoms with Crippen molar-refractivity contribution in [1.29, 1.82) is 0 Å². The SMILES string of the molecule is C/C(=N/NC(=O)CSc1ccc(Cl)cc1)c1ccc(Br)cc1. The minimum Gasteiger partial charge on any atom is -0.272 e. The van der Waals surface area contributed by atoms with Gasteiger partial charge in [-0.1, -0.05) is 39.7 Å². The molecule has 114 valence electrons. The van der Waals surface area contributed by atoms with Crippen molar-refractivity contribution >= 4 is 50.9 Å². The molecule has 0 atom stereocenters. The maximum atomic E-state index is 11.8. The van der Waals surface area contributed by atoms with E-state index in [1.807, 2.05) is 43.3 Å². The monoisotopic (exact) mass is 396 g/mol. The second-order valence-electron chi connectivity index (χ2n) is 4.48. The van der Waals surface area contributed by atoms with Gasteiger partial charge in [-0.3, -0.25) is 4.79 Å². The Morgan fingerprint density at radius 3 is 2.45 bits per heavy atom. The molecule has 0 heterocycles. The minimum absolute atomic E-state index is 0.142. The Kier molecular flexibility index (Phi) is 6.49. The van der Waals surface area contributed by atoms with E-state index in [0.29, 0.717) is 10.8 Å². The zero-order valence-electron chi connectivity index (χ0n) is 11.8. The molecule has 22 heavy (non-hydrogen) atoms. The summed E-state index contributed by atoms with van der Waals surface area (Å²) in [6.07, 6.45) is 0. The summed E-state index contributed by atoms with van der Waals surface area (Å²) >= 11 is 10.6. The maximum Gasteiger partial charge on any atom is 0.250 e. The first-order chi connectivity index (χ1) is 10.5. The summed E-state index contributed by atoms with van der Waals surface area (Å²) in [6, 6.07) is 15.1. The molecule has 0 aliphatic carbocycles. The topological polar surface area (TPSA) is 41.5 Å². The van der Waals surface area contributed by atoms with Gasteiger partial charge in [0.25, 0.3) is 0 Å². The summed E-state index contributed by atoms with van der Waals surface area (Å²) < 4.78 is 1.01. The van der Waals surface area contributed by atoms with Crippen LogP contribution in [-0.4, -0.2) is 17.4 Å². The van der Waals surface area contributed by atoms with Gasteiger partial charge in [-0.2, -0.15) is 5.10 Å².